The summed E-state index contributed by atoms with van der Waals surface area (Å²) in [6.45, 7) is 5.86. The third-order valence-corrected chi connectivity index (χ3v) is 7.56. The predicted octanol–water partition coefficient (Wildman–Crippen LogP) is 3.42. The first kappa shape index (κ1) is 23.3. The van der Waals surface area contributed by atoms with Gasteiger partial charge in [-0.3, -0.25) is 9.59 Å². The molecule has 10 heteroatoms. The zero-order valence-corrected chi connectivity index (χ0v) is 20.2. The smallest absolute Gasteiger partial charge is 0.308 e. The largest absolute Gasteiger partial charge is 0.463 e. The molecule has 4 rings (SSSR count). The number of rotatable bonds is 6. The Hall–Kier alpha value is -2.85. The van der Waals surface area contributed by atoms with E-state index in [1.165, 1.54) is 11.8 Å². The van der Waals surface area contributed by atoms with Crippen molar-refractivity contribution in [3.8, 4) is 0 Å². The maximum Gasteiger partial charge on any atom is 0.308 e. The Labute approximate surface area is 197 Å². The van der Waals surface area contributed by atoms with Crippen LogP contribution in [0.15, 0.2) is 51.8 Å². The summed E-state index contributed by atoms with van der Waals surface area (Å²) < 4.78 is 32.8. The molecular weight excluding hydrogens is 462 g/mol. The first-order valence-electron chi connectivity index (χ1n) is 10.6. The van der Waals surface area contributed by atoms with Crippen LogP contribution in [0.1, 0.15) is 47.8 Å². The van der Waals surface area contributed by atoms with Crippen LogP contribution in [0.25, 0.3) is 0 Å². The standard InChI is InChI=1S/C23H25N3O5S2/c1-14(2)31-21(27)13-18(16-6-4-15(3)5-7-16)24-22(28)17-8-9-19-20(12-17)32-23-25-33(29,30)11-10-26(19)23/h4-9,12,14,18H,10-11,13H2,1-3H3,(H,24,28). The Balaban J connectivity index is 1.55. The average Bonchev–Trinajstić information content (AvgIpc) is 3.08. The fourth-order valence-electron chi connectivity index (χ4n) is 3.64. The molecule has 174 valence electrons. The number of carbonyl (C=O) groups is 2. The topological polar surface area (TPSA) is 105 Å². The Morgan fingerprint density at radius 1 is 1.18 bits per heavy atom. The van der Waals surface area contributed by atoms with Gasteiger partial charge in [-0.15, -0.1) is 4.40 Å². The van der Waals surface area contributed by atoms with E-state index in [4.69, 9.17) is 4.74 Å². The van der Waals surface area contributed by atoms with E-state index in [-0.39, 0.29) is 24.2 Å². The molecule has 0 saturated heterocycles. The van der Waals surface area contributed by atoms with Gasteiger partial charge in [0.2, 0.25) is 0 Å². The Morgan fingerprint density at radius 2 is 1.91 bits per heavy atom. The van der Waals surface area contributed by atoms with Crippen molar-refractivity contribution in [1.82, 2.24) is 5.32 Å². The molecule has 8 nitrogen and oxygen atoms in total. The first-order valence-corrected chi connectivity index (χ1v) is 13.0. The minimum atomic E-state index is -3.45. The van der Waals surface area contributed by atoms with Gasteiger partial charge >= 0.3 is 5.97 Å². The van der Waals surface area contributed by atoms with Crippen LogP contribution < -0.4 is 10.2 Å². The number of hydrogen-bond donors (Lipinski definition) is 1. The highest BCUT2D eigenvalue weighted by Crippen LogP contribution is 2.42. The summed E-state index contributed by atoms with van der Waals surface area (Å²) in [6, 6.07) is 12.3. The van der Waals surface area contributed by atoms with E-state index in [0.717, 1.165) is 21.7 Å². The van der Waals surface area contributed by atoms with Gasteiger partial charge in [-0.25, -0.2) is 8.42 Å². The molecule has 1 atom stereocenters. The normalized spacial score (nSPS) is 17.1. The molecule has 2 aliphatic rings. The van der Waals surface area contributed by atoms with E-state index in [1.807, 2.05) is 36.1 Å². The SMILES string of the molecule is Cc1ccc(C(CC(=O)OC(C)C)NC(=O)c2ccc3c(c2)SC2=NS(=O)(=O)CCN23)cc1. The van der Waals surface area contributed by atoms with Gasteiger partial charge in [0.05, 0.1) is 30.0 Å². The monoisotopic (exact) mass is 487 g/mol. The average molecular weight is 488 g/mol. The summed E-state index contributed by atoms with van der Waals surface area (Å²) in [5.41, 5.74) is 3.13. The van der Waals surface area contributed by atoms with Crippen molar-refractivity contribution in [1.29, 1.82) is 0 Å². The molecule has 2 aromatic carbocycles. The van der Waals surface area contributed by atoms with Crippen LogP contribution in [0, 0.1) is 6.92 Å². The first-order chi connectivity index (χ1) is 15.6. The number of ether oxygens (including phenoxy) is 1. The molecule has 0 aromatic heterocycles. The molecule has 0 fully saturated rings. The van der Waals surface area contributed by atoms with Crippen LogP contribution in [-0.2, 0) is 19.6 Å². The third kappa shape index (κ3) is 5.39. The lowest BCUT2D eigenvalue weighted by Gasteiger charge is -2.22. The van der Waals surface area contributed by atoms with E-state index < -0.39 is 22.0 Å². The second kappa shape index (κ2) is 9.18. The van der Waals surface area contributed by atoms with Gasteiger partial charge in [-0.2, -0.15) is 0 Å². The minimum Gasteiger partial charge on any atom is -0.463 e. The van der Waals surface area contributed by atoms with E-state index in [0.29, 0.717) is 17.3 Å². The number of anilines is 1. The molecule has 0 aliphatic carbocycles. The number of thioether (sulfide) groups is 1. The summed E-state index contributed by atoms with van der Waals surface area (Å²) in [5, 5.41) is 3.36. The van der Waals surface area contributed by atoms with Crippen molar-refractivity contribution >= 4 is 44.5 Å². The highest BCUT2D eigenvalue weighted by molar-refractivity contribution is 8.15. The zero-order chi connectivity index (χ0) is 23.8. The number of nitrogens with one attached hydrogen (secondary N) is 1. The number of hydrogen-bond acceptors (Lipinski definition) is 7. The molecular formula is C23H25N3O5S2. The van der Waals surface area contributed by atoms with Gasteiger partial charge in [0, 0.05) is 17.0 Å². The van der Waals surface area contributed by atoms with Crippen LogP contribution in [0.3, 0.4) is 0 Å². The van der Waals surface area contributed by atoms with Gasteiger partial charge in [0.1, 0.15) is 0 Å². The number of benzene rings is 2. The molecule has 0 spiro atoms. The van der Waals surface area contributed by atoms with Crippen molar-refractivity contribution < 1.29 is 22.7 Å². The molecule has 2 aliphatic heterocycles. The lowest BCUT2D eigenvalue weighted by Crippen LogP contribution is -2.35. The maximum absolute atomic E-state index is 13.1. The Bertz CT molecular complexity index is 1220. The minimum absolute atomic E-state index is 0.00904. The van der Waals surface area contributed by atoms with Gasteiger partial charge in [-0.1, -0.05) is 29.8 Å². The summed E-state index contributed by atoms with van der Waals surface area (Å²) >= 11 is 1.23. The summed E-state index contributed by atoms with van der Waals surface area (Å²) in [7, 11) is -3.45. The number of sulfonamides is 1. The number of aryl methyl sites for hydroxylation is 1. The second-order valence-corrected chi connectivity index (χ2v) is 11.0. The van der Waals surface area contributed by atoms with Gasteiger partial charge in [0.15, 0.2) is 5.17 Å². The highest BCUT2D eigenvalue weighted by atomic mass is 32.2. The Kier molecular flexibility index (Phi) is 6.49. The predicted molar refractivity (Wildman–Crippen MR) is 128 cm³/mol. The number of amidine groups is 1. The molecule has 2 heterocycles. The van der Waals surface area contributed by atoms with E-state index in [2.05, 4.69) is 9.71 Å². The lowest BCUT2D eigenvalue weighted by atomic mass is 10.0. The quantitative estimate of drug-likeness (QED) is 0.623. The van der Waals surface area contributed by atoms with Gasteiger partial charge in [0.25, 0.3) is 15.9 Å². The van der Waals surface area contributed by atoms with E-state index >= 15 is 0 Å². The molecule has 1 unspecified atom stereocenters. The summed E-state index contributed by atoms with van der Waals surface area (Å²) in [5.74, 6) is -0.763. The van der Waals surface area contributed by atoms with Crippen molar-refractivity contribution in [3.63, 3.8) is 0 Å². The van der Waals surface area contributed by atoms with E-state index in [9.17, 15) is 18.0 Å². The molecule has 2 aromatic rings. The molecule has 0 bridgehead atoms. The lowest BCUT2D eigenvalue weighted by molar-refractivity contribution is -0.147. The summed E-state index contributed by atoms with van der Waals surface area (Å²) in [6.07, 6.45) is -0.236. The van der Waals surface area contributed by atoms with Crippen LogP contribution >= 0.6 is 11.8 Å². The van der Waals surface area contributed by atoms with Crippen molar-refractivity contribution in [2.75, 3.05) is 17.2 Å². The van der Waals surface area contributed by atoms with E-state index in [1.54, 1.807) is 32.0 Å². The highest BCUT2D eigenvalue weighted by Gasteiger charge is 2.33. The van der Waals surface area contributed by atoms with Crippen molar-refractivity contribution in [2.45, 2.75) is 44.2 Å². The number of fused-ring (bicyclic) bond motifs is 3. The molecule has 1 N–H and O–H groups in total. The fourth-order valence-corrected chi connectivity index (χ4v) is 5.94. The van der Waals surface area contributed by atoms with Gasteiger partial charge < -0.3 is 15.0 Å². The number of nitrogens with zero attached hydrogens (tertiary/aromatic N) is 2. The van der Waals surface area contributed by atoms with Crippen LogP contribution in [0.2, 0.25) is 0 Å². The summed E-state index contributed by atoms with van der Waals surface area (Å²) in [4.78, 5) is 28.0. The van der Waals surface area contributed by atoms with Crippen LogP contribution in [-0.4, -0.2) is 43.9 Å². The number of esters is 1. The van der Waals surface area contributed by atoms with Crippen molar-refractivity contribution in [3.05, 3.63) is 59.2 Å². The Morgan fingerprint density at radius 3 is 2.61 bits per heavy atom. The zero-order valence-electron chi connectivity index (χ0n) is 18.6. The maximum atomic E-state index is 13.1. The third-order valence-electron chi connectivity index (χ3n) is 5.26. The molecule has 33 heavy (non-hydrogen) atoms. The number of carbonyl (C=O) groups excluding carboxylic acids is 2. The number of amides is 1. The molecule has 1 amide bonds. The second-order valence-electron chi connectivity index (χ2n) is 8.28. The van der Waals surface area contributed by atoms with Crippen molar-refractivity contribution in [2.24, 2.45) is 4.40 Å². The molecule has 0 radical (unpaired) electrons. The molecule has 0 saturated carbocycles. The van der Waals surface area contributed by atoms with Crippen LogP contribution in [0.5, 0.6) is 0 Å². The van der Waals surface area contributed by atoms with Gasteiger partial charge in [-0.05, 0) is 56.3 Å². The fraction of sp³-hybridized carbons (Fsp3) is 0.348. The van der Waals surface area contributed by atoms with Crippen LogP contribution in [0.4, 0.5) is 5.69 Å².